The summed E-state index contributed by atoms with van der Waals surface area (Å²) in [5, 5.41) is 13.2. The smallest absolute Gasteiger partial charge is 0.416 e. The van der Waals surface area contributed by atoms with Gasteiger partial charge in [0.25, 0.3) is 5.91 Å². The van der Waals surface area contributed by atoms with E-state index < -0.39 is 17.6 Å². The Morgan fingerprint density at radius 3 is 2.60 bits per heavy atom. The molecule has 1 aromatic heterocycles. The molecule has 0 fully saturated rings. The van der Waals surface area contributed by atoms with Gasteiger partial charge in [-0.2, -0.15) is 13.2 Å². The minimum atomic E-state index is -4.62. The van der Waals surface area contributed by atoms with Gasteiger partial charge in [-0.25, -0.2) is 5.84 Å². The molecule has 0 saturated carbocycles. The van der Waals surface area contributed by atoms with Crippen LogP contribution in [0.1, 0.15) is 34.0 Å². The van der Waals surface area contributed by atoms with Crippen molar-refractivity contribution >= 4 is 28.9 Å². The van der Waals surface area contributed by atoms with E-state index in [1.54, 1.807) is 30.4 Å². The van der Waals surface area contributed by atoms with E-state index in [2.05, 4.69) is 10.3 Å². The van der Waals surface area contributed by atoms with Crippen molar-refractivity contribution < 1.29 is 27.8 Å². The van der Waals surface area contributed by atoms with E-state index in [-0.39, 0.29) is 41.0 Å². The first-order valence-corrected chi connectivity index (χ1v) is 13.3. The first kappa shape index (κ1) is 32.7. The molecule has 3 rings (SSSR count). The summed E-state index contributed by atoms with van der Waals surface area (Å²) in [5.74, 6) is 6.04. The molecule has 13 heteroatoms. The van der Waals surface area contributed by atoms with Gasteiger partial charge in [0.05, 0.1) is 29.6 Å². The molecule has 9 nitrogen and oxygen atoms in total. The zero-order valence-electron chi connectivity index (χ0n) is 23.5. The van der Waals surface area contributed by atoms with E-state index in [4.69, 9.17) is 27.9 Å². The number of aliphatic hydroxyl groups is 1. The van der Waals surface area contributed by atoms with Crippen LogP contribution in [-0.2, 0) is 19.1 Å². The van der Waals surface area contributed by atoms with Crippen LogP contribution < -0.4 is 26.6 Å². The van der Waals surface area contributed by atoms with Gasteiger partial charge in [-0.15, -0.1) is 0 Å². The standard InChI is InChI=1S/C29H34ClF3N6O3/c1-18(17-40)14-38(2)15-20-6-22(29(31,32)33)11-24(8-20)37-28(41)21-4-5-26(30)27(10-21)39(35)16-23(34)7-19-9-25(42-3)13-36-12-19/h4-6,8-13,16,18,40H,7,14-15,17,34-35H2,1-3H3,(H,37,41)/b23-16-. The van der Waals surface area contributed by atoms with Crippen LogP contribution in [0, 0.1) is 5.92 Å². The number of amides is 1. The Kier molecular flexibility index (Phi) is 11.2. The molecule has 0 spiro atoms. The van der Waals surface area contributed by atoms with Crippen LogP contribution in [0.5, 0.6) is 5.75 Å². The van der Waals surface area contributed by atoms with Gasteiger partial charge in [-0.3, -0.25) is 14.8 Å². The van der Waals surface area contributed by atoms with Crippen molar-refractivity contribution in [2.24, 2.45) is 17.5 Å². The Labute approximate surface area is 247 Å². The van der Waals surface area contributed by atoms with Crippen molar-refractivity contribution in [1.82, 2.24) is 9.88 Å². The molecule has 0 bridgehead atoms. The maximum Gasteiger partial charge on any atom is 0.416 e. The zero-order valence-corrected chi connectivity index (χ0v) is 24.2. The van der Waals surface area contributed by atoms with Gasteiger partial charge < -0.3 is 25.8 Å². The van der Waals surface area contributed by atoms with Gasteiger partial charge in [0.15, 0.2) is 0 Å². The van der Waals surface area contributed by atoms with Crippen molar-refractivity contribution in [2.45, 2.75) is 26.1 Å². The molecule has 3 aromatic rings. The van der Waals surface area contributed by atoms with Crippen LogP contribution in [0.15, 0.2) is 66.8 Å². The van der Waals surface area contributed by atoms with E-state index in [0.717, 1.165) is 22.7 Å². The fraction of sp³-hybridized carbons (Fsp3) is 0.310. The fourth-order valence-corrected chi connectivity index (χ4v) is 4.46. The summed E-state index contributed by atoms with van der Waals surface area (Å²) < 4.78 is 46.1. The predicted molar refractivity (Wildman–Crippen MR) is 157 cm³/mol. The summed E-state index contributed by atoms with van der Waals surface area (Å²) in [6, 6.07) is 9.48. The largest absolute Gasteiger partial charge is 0.495 e. The van der Waals surface area contributed by atoms with Crippen molar-refractivity contribution in [2.75, 3.05) is 37.6 Å². The number of rotatable bonds is 12. The minimum Gasteiger partial charge on any atom is -0.495 e. The molecule has 1 atom stereocenters. The summed E-state index contributed by atoms with van der Waals surface area (Å²) in [6.45, 7) is 2.45. The average molecular weight is 607 g/mol. The minimum absolute atomic E-state index is 0.0226. The third-order valence-electron chi connectivity index (χ3n) is 6.17. The second-order valence-corrected chi connectivity index (χ2v) is 10.4. The Morgan fingerprint density at radius 2 is 1.93 bits per heavy atom. The Hall–Kier alpha value is -3.84. The highest BCUT2D eigenvalue weighted by Crippen LogP contribution is 2.33. The number of pyridine rings is 1. The number of nitrogens with zero attached hydrogens (tertiary/aromatic N) is 3. The van der Waals surface area contributed by atoms with Gasteiger partial charge >= 0.3 is 6.18 Å². The van der Waals surface area contributed by atoms with Crippen molar-refractivity contribution in [3.63, 3.8) is 0 Å². The maximum atomic E-state index is 13.7. The lowest BCUT2D eigenvalue weighted by Gasteiger charge is -2.21. The lowest BCUT2D eigenvalue weighted by molar-refractivity contribution is -0.137. The van der Waals surface area contributed by atoms with Crippen LogP contribution in [0.3, 0.4) is 0 Å². The topological polar surface area (TPSA) is 130 Å². The number of aliphatic hydroxyl groups excluding tert-OH is 1. The Morgan fingerprint density at radius 1 is 1.19 bits per heavy atom. The molecular weight excluding hydrogens is 573 g/mol. The molecule has 0 aliphatic rings. The second-order valence-electron chi connectivity index (χ2n) is 10.0. The third-order valence-corrected chi connectivity index (χ3v) is 6.49. The van der Waals surface area contributed by atoms with Crippen LogP contribution in [-0.4, -0.2) is 48.2 Å². The van der Waals surface area contributed by atoms with Crippen molar-refractivity contribution in [3.05, 3.63) is 94.0 Å². The highest BCUT2D eigenvalue weighted by atomic mass is 35.5. The Balaban J connectivity index is 1.81. The van der Waals surface area contributed by atoms with Crippen LogP contribution >= 0.6 is 11.6 Å². The van der Waals surface area contributed by atoms with E-state index in [1.165, 1.54) is 37.6 Å². The molecule has 2 aromatic carbocycles. The molecule has 1 heterocycles. The summed E-state index contributed by atoms with van der Waals surface area (Å²) in [4.78, 5) is 19.0. The molecule has 42 heavy (non-hydrogen) atoms. The normalized spacial score (nSPS) is 12.8. The number of hydrogen-bond acceptors (Lipinski definition) is 8. The predicted octanol–water partition coefficient (Wildman–Crippen LogP) is 4.80. The average Bonchev–Trinajstić information content (AvgIpc) is 2.92. The number of nitrogens with two attached hydrogens (primary N) is 2. The quantitative estimate of drug-likeness (QED) is 0.171. The lowest BCUT2D eigenvalue weighted by Crippen LogP contribution is -2.27. The van der Waals surface area contributed by atoms with E-state index >= 15 is 0 Å². The zero-order chi connectivity index (χ0) is 31.0. The van der Waals surface area contributed by atoms with Gasteiger partial charge in [0, 0.05) is 55.5 Å². The number of carbonyl (C=O) groups is 1. The number of hydrogen-bond donors (Lipinski definition) is 4. The third kappa shape index (κ3) is 9.35. The van der Waals surface area contributed by atoms with Gasteiger partial charge in [-0.1, -0.05) is 18.5 Å². The van der Waals surface area contributed by atoms with Crippen LogP contribution in [0.2, 0.25) is 5.02 Å². The van der Waals surface area contributed by atoms with E-state index in [9.17, 15) is 23.1 Å². The number of allylic oxidation sites excluding steroid dienone is 1. The number of methoxy groups -OCH3 is 1. The van der Waals surface area contributed by atoms with Gasteiger partial charge in [-0.05, 0) is 66.6 Å². The fourth-order valence-electron chi connectivity index (χ4n) is 4.24. The van der Waals surface area contributed by atoms with Crippen LogP contribution in [0.4, 0.5) is 24.5 Å². The van der Waals surface area contributed by atoms with Crippen molar-refractivity contribution in [3.8, 4) is 5.75 Å². The molecule has 1 unspecified atom stereocenters. The molecule has 0 aliphatic carbocycles. The van der Waals surface area contributed by atoms with E-state index in [1.807, 2.05) is 6.92 Å². The lowest BCUT2D eigenvalue weighted by atomic mass is 10.1. The first-order chi connectivity index (χ1) is 19.8. The molecule has 0 aliphatic heterocycles. The van der Waals surface area contributed by atoms with Gasteiger partial charge in [0.1, 0.15) is 5.75 Å². The molecule has 6 N–H and O–H groups in total. The summed E-state index contributed by atoms with van der Waals surface area (Å²) in [5.41, 5.74) is 7.11. The summed E-state index contributed by atoms with van der Waals surface area (Å²) in [6.07, 6.45) is 0.326. The number of anilines is 2. The maximum absolute atomic E-state index is 13.7. The number of ether oxygens (including phenoxy) is 1. The number of halogens is 4. The number of hydrazine groups is 1. The molecular formula is C29H34ClF3N6O3. The summed E-state index contributed by atoms with van der Waals surface area (Å²) >= 11 is 6.33. The highest BCUT2D eigenvalue weighted by Gasteiger charge is 2.31. The number of alkyl halides is 3. The molecule has 0 radical (unpaired) electrons. The Bertz CT molecular complexity index is 1420. The van der Waals surface area contributed by atoms with E-state index in [0.29, 0.717) is 30.0 Å². The molecule has 1 amide bonds. The number of carbonyl (C=O) groups excluding carboxylic acids is 1. The van der Waals surface area contributed by atoms with Crippen molar-refractivity contribution in [1.29, 1.82) is 0 Å². The number of benzene rings is 2. The second kappa shape index (κ2) is 14.4. The number of nitrogens with one attached hydrogen (secondary N) is 1. The summed E-state index contributed by atoms with van der Waals surface area (Å²) in [7, 11) is 3.27. The van der Waals surface area contributed by atoms with Crippen LogP contribution in [0.25, 0.3) is 0 Å². The highest BCUT2D eigenvalue weighted by molar-refractivity contribution is 6.33. The monoisotopic (exact) mass is 606 g/mol. The first-order valence-electron chi connectivity index (χ1n) is 12.9. The molecule has 226 valence electrons. The number of aromatic nitrogens is 1. The van der Waals surface area contributed by atoms with Gasteiger partial charge in [0.2, 0.25) is 0 Å². The SMILES string of the molecule is COc1cncc(C/C(N)=C/N(N)c2cc(C(=O)Nc3cc(CN(C)CC(C)CO)cc(C(F)(F)F)c3)ccc2Cl)c1. The molecule has 0 saturated heterocycles.